The Hall–Kier alpha value is -0.404. The number of benzene rings is 1. The Balaban J connectivity index is 0. The standard InChI is InChI=1S/C32H55B2NO8.CH3.K/c1-35-30(32(38)39)21-17-14-16-20-29(36)19-15-12-10-8-6-4-2-3-5-7-9-11-13-18-22-31(37)26-23-27(33(40)41)25-28(24-26)34(42)43;;/h23-25,30,35,40-43H,2-22H2,1H3,(H,38,39);1H3;/q;-1;+1/t30-;;/m0../s1. The monoisotopic (exact) mass is 657 g/mol. The molecule has 0 spiro atoms. The minimum atomic E-state index is -1.78. The van der Waals surface area contributed by atoms with Gasteiger partial charge in [0.25, 0.3) is 0 Å². The Labute approximate surface area is 315 Å². The molecule has 9 nitrogen and oxygen atoms in total. The van der Waals surface area contributed by atoms with Gasteiger partial charge in [0.15, 0.2) is 5.78 Å². The van der Waals surface area contributed by atoms with Crippen molar-refractivity contribution in [3.8, 4) is 0 Å². The summed E-state index contributed by atoms with van der Waals surface area (Å²) in [5, 5.41) is 49.3. The zero-order valence-corrected chi connectivity index (χ0v) is 31.4. The van der Waals surface area contributed by atoms with E-state index in [2.05, 4.69) is 5.32 Å². The van der Waals surface area contributed by atoms with E-state index >= 15 is 0 Å². The maximum Gasteiger partial charge on any atom is 1.00 e. The van der Waals surface area contributed by atoms with Crippen LogP contribution in [-0.2, 0) is 9.59 Å². The first-order chi connectivity index (χ1) is 20.6. The van der Waals surface area contributed by atoms with Gasteiger partial charge in [-0.1, -0.05) is 108 Å². The Morgan fingerprint density at radius 1 is 0.622 bits per heavy atom. The number of Topliss-reactive ketones (excluding diaryl/α,β-unsaturated/α-hetero) is 2. The maximum absolute atomic E-state index is 12.5. The van der Waals surface area contributed by atoms with Crippen molar-refractivity contribution in [3.05, 3.63) is 31.2 Å². The minimum absolute atomic E-state index is 0. The molecule has 1 rings (SSSR count). The molecule has 0 saturated heterocycles. The molecule has 1 aromatic carbocycles. The minimum Gasteiger partial charge on any atom is -0.480 e. The fourth-order valence-electron chi connectivity index (χ4n) is 5.37. The second-order valence-corrected chi connectivity index (χ2v) is 11.8. The van der Waals surface area contributed by atoms with Crippen LogP contribution in [0.1, 0.15) is 145 Å². The average molecular weight is 658 g/mol. The first-order valence-electron chi connectivity index (χ1n) is 16.5. The number of ketones is 2. The Bertz CT molecular complexity index is 910. The number of nitrogens with one attached hydrogen (secondary N) is 1. The van der Waals surface area contributed by atoms with Gasteiger partial charge in [0, 0.05) is 24.8 Å². The van der Waals surface area contributed by atoms with Crippen LogP contribution in [0.2, 0.25) is 0 Å². The molecule has 0 aliphatic carbocycles. The van der Waals surface area contributed by atoms with Crippen molar-refractivity contribution in [2.75, 3.05) is 7.05 Å². The van der Waals surface area contributed by atoms with E-state index < -0.39 is 26.2 Å². The van der Waals surface area contributed by atoms with E-state index in [0.717, 1.165) is 57.8 Å². The van der Waals surface area contributed by atoms with E-state index in [1.54, 1.807) is 7.05 Å². The molecule has 1 aromatic rings. The molecule has 0 amide bonds. The molecule has 0 fully saturated rings. The Morgan fingerprint density at radius 3 is 1.33 bits per heavy atom. The molecule has 0 aliphatic rings. The van der Waals surface area contributed by atoms with Crippen molar-refractivity contribution in [2.24, 2.45) is 0 Å². The average Bonchev–Trinajstić information content (AvgIpc) is 2.98. The molecule has 0 unspecified atom stereocenters. The smallest absolute Gasteiger partial charge is 0.480 e. The first kappa shape index (κ1) is 46.7. The third kappa shape index (κ3) is 23.5. The summed E-state index contributed by atoms with van der Waals surface area (Å²) in [7, 11) is -1.90. The van der Waals surface area contributed by atoms with Crippen molar-refractivity contribution < 1.29 is 91.0 Å². The molecule has 6 N–H and O–H groups in total. The van der Waals surface area contributed by atoms with Gasteiger partial charge in [0.2, 0.25) is 0 Å². The number of hydrogen-bond donors (Lipinski definition) is 6. The van der Waals surface area contributed by atoms with Crippen LogP contribution in [0.4, 0.5) is 0 Å². The zero-order valence-electron chi connectivity index (χ0n) is 28.3. The van der Waals surface area contributed by atoms with E-state index in [1.165, 1.54) is 69.6 Å². The van der Waals surface area contributed by atoms with Crippen molar-refractivity contribution >= 4 is 42.7 Å². The summed E-state index contributed by atoms with van der Waals surface area (Å²) in [6, 6.07) is 3.55. The molecule has 45 heavy (non-hydrogen) atoms. The fourth-order valence-corrected chi connectivity index (χ4v) is 5.37. The van der Waals surface area contributed by atoms with Crippen LogP contribution in [0.3, 0.4) is 0 Å². The van der Waals surface area contributed by atoms with Gasteiger partial charge in [0.1, 0.15) is 11.8 Å². The van der Waals surface area contributed by atoms with Gasteiger partial charge in [-0.15, -0.1) is 0 Å². The number of hydrogen-bond acceptors (Lipinski definition) is 8. The van der Waals surface area contributed by atoms with Crippen molar-refractivity contribution in [1.82, 2.24) is 5.32 Å². The molecule has 250 valence electrons. The number of aliphatic carboxylic acids is 1. The largest absolute Gasteiger partial charge is 1.00 e. The molecular weight excluding hydrogens is 599 g/mol. The molecule has 0 aromatic heterocycles. The van der Waals surface area contributed by atoms with Crippen LogP contribution in [0.15, 0.2) is 18.2 Å². The molecule has 0 heterocycles. The summed E-state index contributed by atoms with van der Waals surface area (Å²) < 4.78 is 0. The molecule has 1 atom stereocenters. The number of carboxylic acid groups (broad SMARTS) is 1. The summed E-state index contributed by atoms with van der Waals surface area (Å²) in [6.07, 6.45) is 20.8. The topological polar surface area (TPSA) is 164 Å². The second-order valence-electron chi connectivity index (χ2n) is 11.8. The summed E-state index contributed by atoms with van der Waals surface area (Å²) in [4.78, 5) is 35.5. The number of likely N-dealkylation sites (N-methyl/N-ethyl adjacent to an activating group) is 1. The van der Waals surface area contributed by atoms with E-state index in [0.29, 0.717) is 31.5 Å². The third-order valence-corrected chi connectivity index (χ3v) is 8.10. The zero-order chi connectivity index (χ0) is 31.9. The molecule has 0 radical (unpaired) electrons. The number of carbonyl (C=O) groups excluding carboxylic acids is 2. The second kappa shape index (κ2) is 29.7. The van der Waals surface area contributed by atoms with Crippen LogP contribution in [0.25, 0.3) is 0 Å². The summed E-state index contributed by atoms with van der Waals surface area (Å²) in [5.74, 6) is -0.622. The summed E-state index contributed by atoms with van der Waals surface area (Å²) >= 11 is 0. The Morgan fingerprint density at radius 2 is 0.978 bits per heavy atom. The van der Waals surface area contributed by atoms with Gasteiger partial charge < -0.3 is 37.9 Å². The van der Waals surface area contributed by atoms with E-state index in [1.807, 2.05) is 0 Å². The van der Waals surface area contributed by atoms with Crippen molar-refractivity contribution in [3.63, 3.8) is 0 Å². The molecule has 0 aliphatic heterocycles. The SMILES string of the molecule is CN[C@@H](CCCCCC(=O)CCCCCCCCCCCCCCCCC(=O)c1cc(B(O)O)cc(B(O)O)c1)C(=O)O.[CH3-].[K+]. The molecule has 12 heteroatoms. The van der Waals surface area contributed by atoms with Crippen molar-refractivity contribution in [1.29, 1.82) is 0 Å². The van der Waals surface area contributed by atoms with E-state index in [4.69, 9.17) is 5.11 Å². The van der Waals surface area contributed by atoms with Gasteiger partial charge in [-0.2, -0.15) is 0 Å². The number of carbonyl (C=O) groups is 3. The molecule has 0 saturated carbocycles. The van der Waals surface area contributed by atoms with E-state index in [9.17, 15) is 34.5 Å². The first-order valence-corrected chi connectivity index (χ1v) is 16.5. The number of unbranched alkanes of at least 4 members (excludes halogenated alkanes) is 15. The van der Waals surface area contributed by atoms with Crippen LogP contribution in [0, 0.1) is 7.43 Å². The van der Waals surface area contributed by atoms with Crippen LogP contribution >= 0.6 is 0 Å². The summed E-state index contributed by atoms with van der Waals surface area (Å²) in [5.41, 5.74) is 0.400. The number of rotatable bonds is 28. The van der Waals surface area contributed by atoms with Gasteiger partial charge in [-0.3, -0.25) is 14.4 Å². The normalized spacial score (nSPS) is 11.3. The van der Waals surface area contributed by atoms with Gasteiger partial charge >= 0.3 is 71.6 Å². The quantitative estimate of drug-likeness (QED) is 0.0336. The fraction of sp³-hybridized carbons (Fsp3) is 0.697. The Kier molecular flexibility index (Phi) is 30.8. The van der Waals surface area contributed by atoms with Gasteiger partial charge in [-0.05, 0) is 43.7 Å². The predicted octanol–water partition coefficient (Wildman–Crippen LogP) is 1.12. The van der Waals surface area contributed by atoms with Crippen LogP contribution in [0.5, 0.6) is 0 Å². The van der Waals surface area contributed by atoms with Gasteiger partial charge in [0.05, 0.1) is 0 Å². The molecular formula is C33H58B2KNO8. The number of carboxylic acids is 1. The summed E-state index contributed by atoms with van der Waals surface area (Å²) in [6.45, 7) is 0. The molecule has 0 bridgehead atoms. The predicted molar refractivity (Wildman–Crippen MR) is 179 cm³/mol. The maximum atomic E-state index is 12.5. The van der Waals surface area contributed by atoms with E-state index in [-0.39, 0.29) is 81.1 Å². The van der Waals surface area contributed by atoms with Crippen molar-refractivity contribution in [2.45, 2.75) is 141 Å². The van der Waals surface area contributed by atoms with Crippen LogP contribution < -0.4 is 67.6 Å². The van der Waals surface area contributed by atoms with Crippen LogP contribution in [-0.4, -0.2) is 70.1 Å². The van der Waals surface area contributed by atoms with Gasteiger partial charge in [-0.25, -0.2) is 0 Å². The third-order valence-electron chi connectivity index (χ3n) is 8.10.